The van der Waals surface area contributed by atoms with Crippen molar-refractivity contribution in [2.75, 3.05) is 32.7 Å². The number of hydrogen-bond donors (Lipinski definition) is 4. The third-order valence-electron chi connectivity index (χ3n) is 2.52. The van der Waals surface area contributed by atoms with E-state index < -0.39 is 0 Å². The largest absolute Gasteiger partial charge is 0.330 e. The molecule has 0 aromatic rings. The van der Waals surface area contributed by atoms with Crippen LogP contribution in [0.3, 0.4) is 0 Å². The molecular formula is C9H22N4. The summed E-state index contributed by atoms with van der Waals surface area (Å²) in [6.07, 6.45) is 1.06. The van der Waals surface area contributed by atoms with Crippen LogP contribution in [-0.4, -0.2) is 44.8 Å². The van der Waals surface area contributed by atoms with Gasteiger partial charge in [0, 0.05) is 31.7 Å². The molecule has 4 nitrogen and oxygen atoms in total. The van der Waals surface area contributed by atoms with Crippen LogP contribution in [0, 0.1) is 0 Å². The molecule has 1 aliphatic heterocycles. The standard InChI is InChI=1S/C9H22N4/c1-8(12-4-2-3-10)9-7-11-5-6-13-9/h8-9,11-13H,2-7,10H2,1H3. The van der Waals surface area contributed by atoms with Gasteiger partial charge in [-0.1, -0.05) is 0 Å². The van der Waals surface area contributed by atoms with E-state index in [2.05, 4.69) is 22.9 Å². The van der Waals surface area contributed by atoms with Crippen LogP contribution in [0.1, 0.15) is 13.3 Å². The predicted octanol–water partition coefficient (Wildman–Crippen LogP) is -1.13. The van der Waals surface area contributed by atoms with E-state index in [9.17, 15) is 0 Å². The lowest BCUT2D eigenvalue weighted by Gasteiger charge is -2.30. The van der Waals surface area contributed by atoms with Gasteiger partial charge in [0.05, 0.1) is 0 Å². The highest BCUT2D eigenvalue weighted by atomic mass is 15.1. The van der Waals surface area contributed by atoms with Gasteiger partial charge in [-0.05, 0) is 26.4 Å². The van der Waals surface area contributed by atoms with Gasteiger partial charge in [0.25, 0.3) is 0 Å². The molecular weight excluding hydrogens is 164 g/mol. The molecule has 0 aromatic heterocycles. The third kappa shape index (κ3) is 4.04. The Morgan fingerprint density at radius 2 is 2.38 bits per heavy atom. The molecule has 2 atom stereocenters. The molecule has 1 rings (SSSR count). The van der Waals surface area contributed by atoms with Gasteiger partial charge in [-0.3, -0.25) is 0 Å². The summed E-state index contributed by atoms with van der Waals surface area (Å²) in [5.74, 6) is 0. The van der Waals surface area contributed by atoms with Crippen LogP contribution in [-0.2, 0) is 0 Å². The molecule has 1 fully saturated rings. The molecule has 0 spiro atoms. The molecule has 1 aliphatic rings. The Kier molecular flexibility index (Phi) is 5.31. The van der Waals surface area contributed by atoms with Crippen molar-refractivity contribution < 1.29 is 0 Å². The lowest BCUT2D eigenvalue weighted by molar-refractivity contribution is 0.338. The monoisotopic (exact) mass is 186 g/mol. The summed E-state index contributed by atoms with van der Waals surface area (Å²) in [5, 5.41) is 10.3. The minimum atomic E-state index is 0.527. The Morgan fingerprint density at radius 3 is 3.00 bits per heavy atom. The van der Waals surface area contributed by atoms with E-state index in [0.717, 1.165) is 39.1 Å². The Labute approximate surface area is 80.6 Å². The van der Waals surface area contributed by atoms with Gasteiger partial charge in [0.1, 0.15) is 0 Å². The minimum absolute atomic E-state index is 0.527. The Hall–Kier alpha value is -0.160. The normalized spacial score (nSPS) is 25.8. The highest BCUT2D eigenvalue weighted by Crippen LogP contribution is 1.94. The van der Waals surface area contributed by atoms with Crippen LogP contribution < -0.4 is 21.7 Å². The number of nitrogens with one attached hydrogen (secondary N) is 3. The van der Waals surface area contributed by atoms with Crippen molar-refractivity contribution in [3.8, 4) is 0 Å². The number of rotatable bonds is 5. The minimum Gasteiger partial charge on any atom is -0.330 e. The second-order valence-corrected chi connectivity index (χ2v) is 3.65. The fourth-order valence-corrected chi connectivity index (χ4v) is 1.60. The maximum atomic E-state index is 5.43. The van der Waals surface area contributed by atoms with Crippen LogP contribution in [0.2, 0.25) is 0 Å². The zero-order valence-electron chi connectivity index (χ0n) is 8.47. The molecule has 0 amide bonds. The van der Waals surface area contributed by atoms with Gasteiger partial charge in [0.2, 0.25) is 0 Å². The van der Waals surface area contributed by atoms with Crippen molar-refractivity contribution in [2.45, 2.75) is 25.4 Å². The average Bonchev–Trinajstić information content (AvgIpc) is 2.19. The topological polar surface area (TPSA) is 62.1 Å². The van der Waals surface area contributed by atoms with E-state index in [4.69, 9.17) is 5.73 Å². The second kappa shape index (κ2) is 6.32. The lowest BCUT2D eigenvalue weighted by atomic mass is 10.1. The second-order valence-electron chi connectivity index (χ2n) is 3.65. The van der Waals surface area contributed by atoms with Crippen molar-refractivity contribution in [1.29, 1.82) is 0 Å². The fourth-order valence-electron chi connectivity index (χ4n) is 1.60. The average molecular weight is 186 g/mol. The van der Waals surface area contributed by atoms with Gasteiger partial charge >= 0.3 is 0 Å². The maximum absolute atomic E-state index is 5.43. The van der Waals surface area contributed by atoms with E-state index in [0.29, 0.717) is 12.1 Å². The van der Waals surface area contributed by atoms with Gasteiger partial charge in [-0.2, -0.15) is 0 Å². The van der Waals surface area contributed by atoms with Crippen LogP contribution in [0.25, 0.3) is 0 Å². The SMILES string of the molecule is CC(NCCCN)C1CNCCN1. The van der Waals surface area contributed by atoms with Crippen molar-refractivity contribution in [3.05, 3.63) is 0 Å². The van der Waals surface area contributed by atoms with E-state index in [1.54, 1.807) is 0 Å². The molecule has 2 unspecified atom stereocenters. The van der Waals surface area contributed by atoms with Crippen molar-refractivity contribution in [1.82, 2.24) is 16.0 Å². The lowest BCUT2D eigenvalue weighted by Crippen LogP contribution is -2.57. The molecule has 0 aromatic carbocycles. The molecule has 0 bridgehead atoms. The molecule has 1 heterocycles. The summed E-state index contributed by atoms with van der Waals surface area (Å²) in [6.45, 7) is 7.25. The Balaban J connectivity index is 2.09. The first kappa shape index (κ1) is 10.9. The summed E-state index contributed by atoms with van der Waals surface area (Å²) in [4.78, 5) is 0. The van der Waals surface area contributed by atoms with Gasteiger partial charge in [-0.15, -0.1) is 0 Å². The molecule has 1 saturated heterocycles. The van der Waals surface area contributed by atoms with Crippen LogP contribution in [0.15, 0.2) is 0 Å². The molecule has 4 heteroatoms. The van der Waals surface area contributed by atoms with Crippen LogP contribution >= 0.6 is 0 Å². The molecule has 13 heavy (non-hydrogen) atoms. The van der Waals surface area contributed by atoms with Crippen molar-refractivity contribution >= 4 is 0 Å². The Bertz CT molecular complexity index is 123. The molecule has 0 saturated carbocycles. The molecule has 0 aliphatic carbocycles. The highest BCUT2D eigenvalue weighted by molar-refractivity contribution is 4.84. The summed E-state index contributed by atoms with van der Waals surface area (Å²) in [7, 11) is 0. The summed E-state index contributed by atoms with van der Waals surface area (Å²) >= 11 is 0. The molecule has 0 radical (unpaired) electrons. The zero-order valence-corrected chi connectivity index (χ0v) is 8.47. The van der Waals surface area contributed by atoms with E-state index in [1.165, 1.54) is 0 Å². The smallest absolute Gasteiger partial charge is 0.0344 e. The fraction of sp³-hybridized carbons (Fsp3) is 1.00. The first-order valence-corrected chi connectivity index (χ1v) is 5.22. The number of hydrogen-bond acceptors (Lipinski definition) is 4. The first-order chi connectivity index (χ1) is 6.34. The molecule has 5 N–H and O–H groups in total. The zero-order chi connectivity index (χ0) is 9.52. The number of piperazine rings is 1. The van der Waals surface area contributed by atoms with E-state index in [1.807, 2.05) is 0 Å². The highest BCUT2D eigenvalue weighted by Gasteiger charge is 2.17. The predicted molar refractivity (Wildman–Crippen MR) is 55.8 cm³/mol. The van der Waals surface area contributed by atoms with Crippen LogP contribution in [0.5, 0.6) is 0 Å². The Morgan fingerprint density at radius 1 is 1.54 bits per heavy atom. The summed E-state index contributed by atoms with van der Waals surface area (Å²) < 4.78 is 0. The summed E-state index contributed by atoms with van der Waals surface area (Å²) in [6, 6.07) is 1.09. The van der Waals surface area contributed by atoms with Crippen molar-refractivity contribution in [2.24, 2.45) is 5.73 Å². The summed E-state index contributed by atoms with van der Waals surface area (Å²) in [5.41, 5.74) is 5.43. The van der Waals surface area contributed by atoms with Gasteiger partial charge in [0.15, 0.2) is 0 Å². The quantitative estimate of drug-likeness (QED) is 0.411. The number of nitrogens with two attached hydrogens (primary N) is 1. The van der Waals surface area contributed by atoms with Gasteiger partial charge < -0.3 is 21.7 Å². The van der Waals surface area contributed by atoms with Gasteiger partial charge in [-0.25, -0.2) is 0 Å². The van der Waals surface area contributed by atoms with Crippen molar-refractivity contribution in [3.63, 3.8) is 0 Å². The molecule has 78 valence electrons. The van der Waals surface area contributed by atoms with Crippen LogP contribution in [0.4, 0.5) is 0 Å². The van der Waals surface area contributed by atoms with E-state index in [-0.39, 0.29) is 0 Å². The third-order valence-corrected chi connectivity index (χ3v) is 2.52. The van der Waals surface area contributed by atoms with E-state index >= 15 is 0 Å². The maximum Gasteiger partial charge on any atom is 0.0344 e. The first-order valence-electron chi connectivity index (χ1n) is 5.22.